The Kier molecular flexibility index (Phi) is 6.84. The van der Waals surface area contributed by atoms with Gasteiger partial charge in [-0.3, -0.25) is 14.6 Å². The maximum absolute atomic E-state index is 13.5. The first kappa shape index (κ1) is 25.8. The van der Waals surface area contributed by atoms with Crippen molar-refractivity contribution in [1.29, 1.82) is 0 Å². The molecule has 6 heteroatoms. The molecular weight excluding hydrogens is 500 g/mol. The highest BCUT2D eigenvalue weighted by Crippen LogP contribution is 2.51. The molecule has 1 saturated carbocycles. The highest BCUT2D eigenvalue weighted by atomic mass is 16.7. The summed E-state index contributed by atoms with van der Waals surface area (Å²) in [7, 11) is 1.82. The number of ether oxygens (including phenoxy) is 2. The second-order valence-corrected chi connectivity index (χ2v) is 10.8. The maximum atomic E-state index is 13.5. The molecule has 2 aliphatic rings. The molecule has 1 fully saturated rings. The van der Waals surface area contributed by atoms with E-state index in [0.29, 0.717) is 24.9 Å². The third-order valence-electron chi connectivity index (χ3n) is 8.09. The minimum absolute atomic E-state index is 0.0169. The zero-order valence-electron chi connectivity index (χ0n) is 22.9. The third-order valence-corrected chi connectivity index (χ3v) is 8.09. The summed E-state index contributed by atoms with van der Waals surface area (Å²) in [5, 5.41) is 0. The van der Waals surface area contributed by atoms with Crippen molar-refractivity contribution in [2.45, 2.75) is 38.0 Å². The van der Waals surface area contributed by atoms with Crippen LogP contribution in [0.15, 0.2) is 85.1 Å². The standard InChI is InChI=1S/C34H32N2O4/c1-23-6-7-24(20-32(37)34(15-16-34)27-12-13-30-31(21-27)40-22-39-30)19-29(23)25-8-10-26(11-9-25)33(38)36(2)18-14-28-5-3-4-17-35-28/h3-13,17,19,21H,14-16,18,20,22H2,1-2H3. The van der Waals surface area contributed by atoms with Crippen molar-refractivity contribution in [2.24, 2.45) is 0 Å². The fraction of sp³-hybridized carbons (Fsp3) is 0.265. The third kappa shape index (κ3) is 5.09. The van der Waals surface area contributed by atoms with Crippen LogP contribution in [0.2, 0.25) is 0 Å². The van der Waals surface area contributed by atoms with Crippen LogP contribution < -0.4 is 9.47 Å². The van der Waals surface area contributed by atoms with Crippen LogP contribution in [0.4, 0.5) is 0 Å². The van der Waals surface area contributed by atoms with Gasteiger partial charge in [-0.05, 0) is 84.0 Å². The van der Waals surface area contributed by atoms with E-state index in [2.05, 4.69) is 24.0 Å². The van der Waals surface area contributed by atoms with Crippen LogP contribution in [-0.4, -0.2) is 42.0 Å². The Hall–Kier alpha value is -4.45. The predicted octanol–water partition coefficient (Wildman–Crippen LogP) is 5.94. The van der Waals surface area contributed by atoms with Crippen LogP contribution in [-0.2, 0) is 23.1 Å². The molecule has 202 valence electrons. The van der Waals surface area contributed by atoms with Crippen LogP contribution in [0, 0.1) is 6.92 Å². The van der Waals surface area contributed by atoms with Gasteiger partial charge in [-0.1, -0.05) is 42.5 Å². The number of hydrogen-bond donors (Lipinski definition) is 0. The Labute approximate surface area is 234 Å². The van der Waals surface area contributed by atoms with Crippen molar-refractivity contribution < 1.29 is 19.1 Å². The number of fused-ring (bicyclic) bond motifs is 1. The van der Waals surface area contributed by atoms with E-state index < -0.39 is 5.41 Å². The molecule has 3 aromatic carbocycles. The van der Waals surface area contributed by atoms with E-state index in [9.17, 15) is 9.59 Å². The zero-order chi connectivity index (χ0) is 27.7. The molecule has 0 unspecified atom stereocenters. The Morgan fingerprint density at radius 3 is 2.48 bits per heavy atom. The van der Waals surface area contributed by atoms with E-state index in [1.54, 1.807) is 11.1 Å². The molecule has 6 rings (SSSR count). The number of amides is 1. The number of Topliss-reactive ketones (excluding diaryl/α,β-unsaturated/α-hetero) is 1. The lowest BCUT2D eigenvalue weighted by Gasteiger charge is -2.18. The minimum atomic E-state index is -0.434. The van der Waals surface area contributed by atoms with Gasteiger partial charge in [0, 0.05) is 43.9 Å². The van der Waals surface area contributed by atoms with Crippen molar-refractivity contribution in [3.63, 3.8) is 0 Å². The lowest BCUT2D eigenvalue weighted by molar-refractivity contribution is -0.120. The zero-order valence-corrected chi connectivity index (χ0v) is 22.9. The second-order valence-electron chi connectivity index (χ2n) is 10.8. The van der Waals surface area contributed by atoms with Crippen LogP contribution in [0.1, 0.15) is 45.6 Å². The molecular formula is C34H32N2O4. The molecule has 0 atom stereocenters. The number of nitrogens with zero attached hydrogens (tertiary/aromatic N) is 2. The van der Waals surface area contributed by atoms with Gasteiger partial charge in [-0.15, -0.1) is 0 Å². The number of benzene rings is 3. The van der Waals surface area contributed by atoms with Gasteiger partial charge in [0.15, 0.2) is 11.5 Å². The largest absolute Gasteiger partial charge is 0.454 e. The fourth-order valence-corrected chi connectivity index (χ4v) is 5.43. The normalized spacial score (nSPS) is 14.6. The van der Waals surface area contributed by atoms with Crippen LogP contribution in [0.3, 0.4) is 0 Å². The number of ketones is 1. The molecule has 2 heterocycles. The van der Waals surface area contributed by atoms with Gasteiger partial charge in [0.2, 0.25) is 6.79 Å². The Morgan fingerprint density at radius 1 is 0.925 bits per heavy atom. The molecule has 1 aliphatic heterocycles. The summed E-state index contributed by atoms with van der Waals surface area (Å²) >= 11 is 0. The lowest BCUT2D eigenvalue weighted by Crippen LogP contribution is -2.28. The van der Waals surface area contributed by atoms with Gasteiger partial charge in [-0.25, -0.2) is 0 Å². The minimum Gasteiger partial charge on any atom is -0.454 e. The van der Waals surface area contributed by atoms with Gasteiger partial charge >= 0.3 is 0 Å². The molecule has 1 aliphatic carbocycles. The van der Waals surface area contributed by atoms with Crippen LogP contribution in [0.5, 0.6) is 11.5 Å². The molecule has 1 amide bonds. The molecule has 1 aromatic heterocycles. The number of carbonyl (C=O) groups excluding carboxylic acids is 2. The Bertz CT molecular complexity index is 1560. The summed E-state index contributed by atoms with van der Waals surface area (Å²) in [4.78, 5) is 32.6. The fourth-order valence-electron chi connectivity index (χ4n) is 5.43. The van der Waals surface area contributed by atoms with Gasteiger partial charge in [-0.2, -0.15) is 0 Å². The number of likely N-dealkylation sites (N-methyl/N-ethyl adjacent to an activating group) is 1. The molecule has 0 spiro atoms. The summed E-state index contributed by atoms with van der Waals surface area (Å²) in [6, 6.07) is 25.6. The molecule has 0 bridgehead atoms. The molecule has 4 aromatic rings. The van der Waals surface area contributed by atoms with E-state index in [1.807, 2.05) is 73.8 Å². The van der Waals surface area contributed by atoms with Gasteiger partial charge in [0.1, 0.15) is 5.78 Å². The Morgan fingerprint density at radius 2 is 1.73 bits per heavy atom. The van der Waals surface area contributed by atoms with Crippen molar-refractivity contribution in [2.75, 3.05) is 20.4 Å². The van der Waals surface area contributed by atoms with Crippen molar-refractivity contribution in [3.8, 4) is 22.6 Å². The number of rotatable bonds is 9. The van der Waals surface area contributed by atoms with E-state index in [4.69, 9.17) is 9.47 Å². The van der Waals surface area contributed by atoms with E-state index in [1.165, 1.54) is 0 Å². The first-order valence-electron chi connectivity index (χ1n) is 13.7. The molecule has 6 nitrogen and oxygen atoms in total. The van der Waals surface area contributed by atoms with Gasteiger partial charge in [0.05, 0.1) is 5.41 Å². The first-order chi connectivity index (χ1) is 19.4. The highest BCUT2D eigenvalue weighted by Gasteiger charge is 2.50. The molecule has 40 heavy (non-hydrogen) atoms. The first-order valence-corrected chi connectivity index (χ1v) is 13.7. The average molecular weight is 533 g/mol. The molecule has 0 radical (unpaired) electrons. The predicted molar refractivity (Wildman–Crippen MR) is 154 cm³/mol. The molecule has 0 N–H and O–H groups in total. The second kappa shape index (κ2) is 10.6. The van der Waals surface area contributed by atoms with Crippen LogP contribution in [0.25, 0.3) is 11.1 Å². The number of aryl methyl sites for hydroxylation is 1. The van der Waals surface area contributed by atoms with Crippen LogP contribution >= 0.6 is 0 Å². The molecule has 0 saturated heterocycles. The van der Waals surface area contributed by atoms with Crippen molar-refractivity contribution in [3.05, 3.63) is 113 Å². The summed E-state index contributed by atoms with van der Waals surface area (Å²) in [6.45, 7) is 2.89. The summed E-state index contributed by atoms with van der Waals surface area (Å²) in [5.74, 6) is 1.67. The topological polar surface area (TPSA) is 68.7 Å². The Balaban J connectivity index is 1.14. The highest BCUT2D eigenvalue weighted by molar-refractivity contribution is 5.95. The SMILES string of the molecule is Cc1ccc(CC(=O)C2(c3ccc4c(c3)OCO4)CC2)cc1-c1ccc(C(=O)N(C)CCc2ccccn2)cc1. The summed E-state index contributed by atoms with van der Waals surface area (Å²) in [6.07, 6.45) is 4.57. The van der Waals surface area contributed by atoms with Crippen molar-refractivity contribution in [1.82, 2.24) is 9.88 Å². The van der Waals surface area contributed by atoms with E-state index in [0.717, 1.165) is 57.9 Å². The summed E-state index contributed by atoms with van der Waals surface area (Å²) in [5.41, 5.74) is 6.41. The van der Waals surface area contributed by atoms with Crippen molar-refractivity contribution >= 4 is 11.7 Å². The quantitative estimate of drug-likeness (QED) is 0.267. The van der Waals surface area contributed by atoms with E-state index in [-0.39, 0.29) is 18.5 Å². The number of hydrogen-bond acceptors (Lipinski definition) is 5. The number of aromatic nitrogens is 1. The number of carbonyl (C=O) groups is 2. The lowest BCUT2D eigenvalue weighted by atomic mass is 9.87. The van der Waals surface area contributed by atoms with E-state index >= 15 is 0 Å². The summed E-state index contributed by atoms with van der Waals surface area (Å²) < 4.78 is 11.0. The number of pyridine rings is 1. The van der Waals surface area contributed by atoms with Gasteiger partial charge < -0.3 is 14.4 Å². The monoisotopic (exact) mass is 532 g/mol. The average Bonchev–Trinajstić information content (AvgIpc) is 3.67. The maximum Gasteiger partial charge on any atom is 0.253 e. The smallest absolute Gasteiger partial charge is 0.253 e. The van der Waals surface area contributed by atoms with Gasteiger partial charge in [0.25, 0.3) is 5.91 Å².